The summed E-state index contributed by atoms with van der Waals surface area (Å²) in [7, 11) is 0. The second-order valence-electron chi connectivity index (χ2n) is 4.48. The highest BCUT2D eigenvalue weighted by Crippen LogP contribution is 2.21. The summed E-state index contributed by atoms with van der Waals surface area (Å²) in [6, 6.07) is 7.96. The van der Waals surface area contributed by atoms with Crippen LogP contribution < -0.4 is 5.73 Å². The maximum Gasteiger partial charge on any atom is 0.131 e. The zero-order valence-electron chi connectivity index (χ0n) is 10.2. The summed E-state index contributed by atoms with van der Waals surface area (Å²) in [6.45, 7) is 1.28. The minimum absolute atomic E-state index is 0.371. The van der Waals surface area contributed by atoms with Crippen molar-refractivity contribution in [3.63, 3.8) is 0 Å². The van der Waals surface area contributed by atoms with Gasteiger partial charge in [-0.1, -0.05) is 29.8 Å². The molecule has 0 aliphatic carbocycles. The van der Waals surface area contributed by atoms with E-state index in [-0.39, 0.29) is 13.2 Å². The summed E-state index contributed by atoms with van der Waals surface area (Å²) in [5.41, 5.74) is 7.58. The molecular weight excluding hydrogens is 230 g/mol. The van der Waals surface area contributed by atoms with Crippen LogP contribution in [0.4, 0.5) is 0 Å². The lowest BCUT2D eigenvalue weighted by atomic mass is 10.0. The molecule has 0 radical (unpaired) electrons. The summed E-state index contributed by atoms with van der Waals surface area (Å²) in [5.74, 6) is 0.378. The third-order valence-corrected chi connectivity index (χ3v) is 2.97. The number of H-pyrrole nitrogens is 1. The van der Waals surface area contributed by atoms with Gasteiger partial charge >= 0.3 is 0 Å². The number of imidazole rings is 1. The lowest BCUT2D eigenvalue weighted by Crippen LogP contribution is -2.45. The summed E-state index contributed by atoms with van der Waals surface area (Å²) >= 11 is 0. The second-order valence-corrected chi connectivity index (χ2v) is 4.48. The molecule has 0 saturated carbocycles. The molecule has 2 rings (SSSR count). The maximum atomic E-state index is 9.21. The van der Waals surface area contributed by atoms with E-state index in [0.717, 1.165) is 11.3 Å². The molecule has 5 nitrogen and oxygen atoms in total. The van der Waals surface area contributed by atoms with Gasteiger partial charge in [0.2, 0.25) is 0 Å². The summed E-state index contributed by atoms with van der Waals surface area (Å²) < 4.78 is 0. The molecule has 0 aliphatic heterocycles. The average molecular weight is 247 g/mol. The molecule has 5 heteroatoms. The Labute approximate surface area is 105 Å². The molecule has 0 bridgehead atoms. The number of aliphatic hydroxyl groups excluding tert-OH is 2. The largest absolute Gasteiger partial charge is 0.394 e. The first kappa shape index (κ1) is 12.8. The van der Waals surface area contributed by atoms with E-state index < -0.39 is 5.54 Å². The van der Waals surface area contributed by atoms with Crippen LogP contribution in [0.25, 0.3) is 11.3 Å². The molecule has 96 valence electrons. The Morgan fingerprint density at radius 3 is 2.39 bits per heavy atom. The van der Waals surface area contributed by atoms with Crippen molar-refractivity contribution in [3.8, 4) is 11.3 Å². The van der Waals surface area contributed by atoms with Crippen molar-refractivity contribution in [3.05, 3.63) is 41.9 Å². The molecule has 0 fully saturated rings. The van der Waals surface area contributed by atoms with E-state index in [9.17, 15) is 10.2 Å². The number of aromatic amines is 1. The van der Waals surface area contributed by atoms with Crippen LogP contribution in [-0.2, 0) is 5.54 Å². The van der Waals surface area contributed by atoms with E-state index in [1.165, 1.54) is 5.56 Å². The van der Waals surface area contributed by atoms with Crippen LogP contribution in [0.5, 0.6) is 0 Å². The molecule has 0 aliphatic rings. The van der Waals surface area contributed by atoms with Crippen LogP contribution in [0, 0.1) is 6.92 Å². The fourth-order valence-corrected chi connectivity index (χ4v) is 1.65. The number of aliphatic hydroxyl groups is 2. The van der Waals surface area contributed by atoms with Gasteiger partial charge in [0.15, 0.2) is 0 Å². The minimum Gasteiger partial charge on any atom is -0.394 e. The predicted molar refractivity (Wildman–Crippen MR) is 68.8 cm³/mol. The lowest BCUT2D eigenvalue weighted by molar-refractivity contribution is 0.115. The van der Waals surface area contributed by atoms with Gasteiger partial charge in [0.1, 0.15) is 11.4 Å². The Hall–Kier alpha value is -1.69. The standard InChI is InChI=1S/C13H17N3O2/c1-9-2-4-10(5-3-9)11-6-15-12(16-11)13(14,7-17)8-18/h2-6,17-18H,7-8,14H2,1H3,(H,15,16). The lowest BCUT2D eigenvalue weighted by Gasteiger charge is -2.21. The number of benzene rings is 1. The van der Waals surface area contributed by atoms with Crippen molar-refractivity contribution >= 4 is 0 Å². The Morgan fingerprint density at radius 1 is 1.22 bits per heavy atom. The molecule has 0 atom stereocenters. The molecular formula is C13H17N3O2. The first-order chi connectivity index (χ1) is 8.59. The molecule has 18 heavy (non-hydrogen) atoms. The van der Waals surface area contributed by atoms with Gasteiger partial charge in [0.05, 0.1) is 25.1 Å². The van der Waals surface area contributed by atoms with Gasteiger partial charge in [-0.15, -0.1) is 0 Å². The van der Waals surface area contributed by atoms with Crippen molar-refractivity contribution in [2.45, 2.75) is 12.5 Å². The van der Waals surface area contributed by atoms with Crippen LogP contribution in [0.1, 0.15) is 11.4 Å². The first-order valence-corrected chi connectivity index (χ1v) is 5.72. The average Bonchev–Trinajstić information content (AvgIpc) is 2.89. The third kappa shape index (κ3) is 2.28. The summed E-state index contributed by atoms with van der Waals surface area (Å²) in [4.78, 5) is 7.16. The van der Waals surface area contributed by atoms with Crippen LogP contribution in [0.3, 0.4) is 0 Å². The molecule has 1 heterocycles. The van der Waals surface area contributed by atoms with E-state index in [1.54, 1.807) is 6.20 Å². The van der Waals surface area contributed by atoms with Crippen molar-refractivity contribution in [1.82, 2.24) is 9.97 Å². The molecule has 2 aromatic rings. The molecule has 0 amide bonds. The van der Waals surface area contributed by atoms with E-state index in [2.05, 4.69) is 9.97 Å². The maximum absolute atomic E-state index is 9.21. The van der Waals surface area contributed by atoms with Gasteiger partial charge in [-0.05, 0) is 12.5 Å². The molecule has 0 saturated heterocycles. The molecule has 1 aromatic heterocycles. The normalized spacial score (nSPS) is 11.8. The number of aromatic nitrogens is 2. The van der Waals surface area contributed by atoms with E-state index in [0.29, 0.717) is 5.82 Å². The SMILES string of the molecule is Cc1ccc(-c2cnc(C(N)(CO)CO)[nH]2)cc1. The third-order valence-electron chi connectivity index (χ3n) is 2.97. The van der Waals surface area contributed by atoms with Gasteiger partial charge in [-0.25, -0.2) is 4.98 Å². The van der Waals surface area contributed by atoms with Gasteiger partial charge in [0.25, 0.3) is 0 Å². The zero-order valence-corrected chi connectivity index (χ0v) is 10.2. The molecule has 0 spiro atoms. The Balaban J connectivity index is 2.33. The topological polar surface area (TPSA) is 95.2 Å². The number of nitrogens with two attached hydrogens (primary N) is 1. The zero-order chi connectivity index (χ0) is 13.2. The minimum atomic E-state index is -1.23. The number of nitrogens with one attached hydrogen (secondary N) is 1. The second kappa shape index (κ2) is 4.89. The Bertz CT molecular complexity index is 515. The highest BCUT2D eigenvalue weighted by atomic mass is 16.3. The Kier molecular flexibility index (Phi) is 3.47. The Morgan fingerprint density at radius 2 is 1.83 bits per heavy atom. The monoisotopic (exact) mass is 247 g/mol. The van der Waals surface area contributed by atoms with Crippen molar-refractivity contribution in [1.29, 1.82) is 0 Å². The van der Waals surface area contributed by atoms with Gasteiger partial charge in [-0.2, -0.15) is 0 Å². The van der Waals surface area contributed by atoms with Crippen LogP contribution in [-0.4, -0.2) is 33.4 Å². The fraction of sp³-hybridized carbons (Fsp3) is 0.308. The van der Waals surface area contributed by atoms with E-state index in [4.69, 9.17) is 5.73 Å². The number of aryl methyl sites for hydroxylation is 1. The molecule has 5 N–H and O–H groups in total. The summed E-state index contributed by atoms with van der Waals surface area (Å²) in [5, 5.41) is 18.4. The molecule has 1 aromatic carbocycles. The van der Waals surface area contributed by atoms with E-state index >= 15 is 0 Å². The summed E-state index contributed by atoms with van der Waals surface area (Å²) in [6.07, 6.45) is 1.65. The van der Waals surface area contributed by atoms with Crippen molar-refractivity contribution in [2.24, 2.45) is 5.73 Å². The van der Waals surface area contributed by atoms with Crippen LogP contribution in [0.15, 0.2) is 30.5 Å². The number of hydrogen-bond acceptors (Lipinski definition) is 4. The number of rotatable bonds is 4. The van der Waals surface area contributed by atoms with Gasteiger partial charge < -0.3 is 20.9 Å². The van der Waals surface area contributed by atoms with Gasteiger partial charge in [-0.3, -0.25) is 0 Å². The van der Waals surface area contributed by atoms with Crippen LogP contribution >= 0.6 is 0 Å². The van der Waals surface area contributed by atoms with Crippen molar-refractivity contribution in [2.75, 3.05) is 13.2 Å². The van der Waals surface area contributed by atoms with Gasteiger partial charge in [0, 0.05) is 0 Å². The number of nitrogens with zero attached hydrogens (tertiary/aromatic N) is 1. The fourth-order valence-electron chi connectivity index (χ4n) is 1.65. The first-order valence-electron chi connectivity index (χ1n) is 5.72. The van der Waals surface area contributed by atoms with Crippen LogP contribution in [0.2, 0.25) is 0 Å². The van der Waals surface area contributed by atoms with E-state index in [1.807, 2.05) is 31.2 Å². The quantitative estimate of drug-likeness (QED) is 0.633. The highest BCUT2D eigenvalue weighted by molar-refractivity contribution is 5.58. The molecule has 0 unspecified atom stereocenters. The van der Waals surface area contributed by atoms with Crippen molar-refractivity contribution < 1.29 is 10.2 Å². The predicted octanol–water partition coefficient (Wildman–Crippen LogP) is 0.524. The number of hydrogen-bond donors (Lipinski definition) is 4. The highest BCUT2D eigenvalue weighted by Gasteiger charge is 2.29. The smallest absolute Gasteiger partial charge is 0.131 e.